The number of benzene rings is 2. The third-order valence-electron chi connectivity index (χ3n) is 3.12. The molecular formula is C15H14F3NO2S. The maximum Gasteiger partial charge on any atom is 0.249 e. The summed E-state index contributed by atoms with van der Waals surface area (Å²) < 4.78 is 66.4. The average molecular weight is 329 g/mol. The van der Waals surface area contributed by atoms with Gasteiger partial charge in [-0.25, -0.2) is 21.6 Å². The quantitative estimate of drug-likeness (QED) is 0.844. The highest BCUT2D eigenvalue weighted by Gasteiger charge is 2.29. The number of rotatable bonds is 5. The molecule has 0 fully saturated rings. The van der Waals surface area contributed by atoms with Gasteiger partial charge in [-0.05, 0) is 29.8 Å². The molecule has 0 heterocycles. The van der Waals surface area contributed by atoms with Gasteiger partial charge >= 0.3 is 0 Å². The van der Waals surface area contributed by atoms with Crippen LogP contribution < -0.4 is 0 Å². The SMILES string of the molecule is CCN(Cc1cccc(F)c1)S(=O)(=O)c1c(F)cccc1F. The molecule has 0 N–H and O–H groups in total. The van der Waals surface area contributed by atoms with Crippen LogP contribution in [0.3, 0.4) is 0 Å². The third-order valence-corrected chi connectivity index (χ3v) is 5.09. The van der Waals surface area contributed by atoms with Crippen LogP contribution in [0.1, 0.15) is 12.5 Å². The summed E-state index contributed by atoms with van der Waals surface area (Å²) in [6, 6.07) is 8.24. The predicted octanol–water partition coefficient (Wildman–Crippen LogP) is 3.31. The van der Waals surface area contributed by atoms with E-state index in [1.54, 1.807) is 6.07 Å². The zero-order chi connectivity index (χ0) is 16.3. The Hall–Kier alpha value is -1.86. The summed E-state index contributed by atoms with van der Waals surface area (Å²) in [5.41, 5.74) is 0.391. The number of sulfonamides is 1. The second-order valence-corrected chi connectivity index (χ2v) is 6.49. The first kappa shape index (κ1) is 16.5. The Morgan fingerprint density at radius 3 is 2.14 bits per heavy atom. The average Bonchev–Trinajstić information content (AvgIpc) is 2.44. The molecule has 0 aliphatic carbocycles. The van der Waals surface area contributed by atoms with Crippen LogP contribution in [0.4, 0.5) is 13.2 Å². The normalized spacial score (nSPS) is 11.9. The Morgan fingerprint density at radius 2 is 1.59 bits per heavy atom. The Balaban J connectivity index is 2.41. The summed E-state index contributed by atoms with van der Waals surface area (Å²) in [7, 11) is -4.36. The summed E-state index contributed by atoms with van der Waals surface area (Å²) in [6.45, 7) is 1.35. The zero-order valence-corrected chi connectivity index (χ0v) is 12.6. The minimum absolute atomic E-state index is 0.00732. The summed E-state index contributed by atoms with van der Waals surface area (Å²) in [4.78, 5) is -0.992. The largest absolute Gasteiger partial charge is 0.249 e. The van der Waals surface area contributed by atoms with Gasteiger partial charge in [0.15, 0.2) is 4.90 Å². The fourth-order valence-electron chi connectivity index (χ4n) is 2.06. The van der Waals surface area contributed by atoms with Gasteiger partial charge in [0.05, 0.1) is 0 Å². The van der Waals surface area contributed by atoms with Gasteiger partial charge in [-0.3, -0.25) is 0 Å². The van der Waals surface area contributed by atoms with Gasteiger partial charge in [-0.15, -0.1) is 0 Å². The molecule has 0 spiro atoms. The Morgan fingerprint density at radius 1 is 1.00 bits per heavy atom. The van der Waals surface area contributed by atoms with E-state index in [9.17, 15) is 21.6 Å². The first-order valence-corrected chi connectivity index (χ1v) is 7.99. The first-order chi connectivity index (χ1) is 10.4. The summed E-state index contributed by atoms with van der Waals surface area (Å²) in [5, 5.41) is 0. The second-order valence-electron chi connectivity index (χ2n) is 4.61. The van der Waals surface area contributed by atoms with E-state index in [1.807, 2.05) is 0 Å². The molecule has 22 heavy (non-hydrogen) atoms. The van der Waals surface area contributed by atoms with Crippen LogP contribution in [0.25, 0.3) is 0 Å². The van der Waals surface area contributed by atoms with Crippen LogP contribution in [-0.2, 0) is 16.6 Å². The lowest BCUT2D eigenvalue weighted by molar-refractivity contribution is 0.411. The standard InChI is InChI=1S/C15H14F3NO2S/c1-2-19(10-11-5-3-6-12(16)9-11)22(20,21)15-13(17)7-4-8-14(15)18/h3-9H,2,10H2,1H3. The van der Waals surface area contributed by atoms with Gasteiger partial charge in [0.1, 0.15) is 17.5 Å². The minimum Gasteiger partial charge on any atom is -0.207 e. The van der Waals surface area contributed by atoms with Crippen molar-refractivity contribution >= 4 is 10.0 Å². The Bertz CT molecular complexity index is 758. The molecule has 0 aliphatic heterocycles. The predicted molar refractivity (Wildman–Crippen MR) is 76.0 cm³/mol. The van der Waals surface area contributed by atoms with Gasteiger partial charge in [-0.2, -0.15) is 4.31 Å². The summed E-state index contributed by atoms with van der Waals surface area (Å²) in [5.74, 6) is -2.82. The molecule has 2 aromatic carbocycles. The molecule has 118 valence electrons. The van der Waals surface area contributed by atoms with Crippen LogP contribution >= 0.6 is 0 Å². The molecule has 0 atom stereocenters. The molecular weight excluding hydrogens is 315 g/mol. The van der Waals surface area contributed by atoms with Crippen molar-refractivity contribution in [2.24, 2.45) is 0 Å². The first-order valence-electron chi connectivity index (χ1n) is 6.55. The van der Waals surface area contributed by atoms with Crippen LogP contribution in [0.15, 0.2) is 47.4 Å². The highest BCUT2D eigenvalue weighted by molar-refractivity contribution is 7.89. The molecule has 0 unspecified atom stereocenters. The topological polar surface area (TPSA) is 37.4 Å². The molecule has 3 nitrogen and oxygen atoms in total. The highest BCUT2D eigenvalue weighted by Crippen LogP contribution is 2.24. The van der Waals surface area contributed by atoms with Crippen LogP contribution in [0, 0.1) is 17.5 Å². The van der Waals surface area contributed by atoms with E-state index in [2.05, 4.69) is 0 Å². The van der Waals surface area contributed by atoms with Crippen molar-refractivity contribution in [2.45, 2.75) is 18.4 Å². The van der Waals surface area contributed by atoms with E-state index in [-0.39, 0.29) is 13.1 Å². The summed E-state index contributed by atoms with van der Waals surface area (Å²) in [6.07, 6.45) is 0. The number of hydrogen-bond donors (Lipinski definition) is 0. The van der Waals surface area contributed by atoms with Gasteiger partial charge < -0.3 is 0 Å². The fourth-order valence-corrected chi connectivity index (χ4v) is 3.61. The van der Waals surface area contributed by atoms with Crippen molar-refractivity contribution < 1.29 is 21.6 Å². The molecule has 0 saturated heterocycles. The molecule has 0 amide bonds. The Kier molecular flexibility index (Phi) is 4.87. The van der Waals surface area contributed by atoms with E-state index >= 15 is 0 Å². The van der Waals surface area contributed by atoms with Crippen molar-refractivity contribution in [1.82, 2.24) is 4.31 Å². The van der Waals surface area contributed by atoms with Gasteiger partial charge in [0.25, 0.3) is 0 Å². The molecule has 2 aromatic rings. The fraction of sp³-hybridized carbons (Fsp3) is 0.200. The zero-order valence-electron chi connectivity index (χ0n) is 11.8. The lowest BCUT2D eigenvalue weighted by Crippen LogP contribution is -2.31. The van der Waals surface area contributed by atoms with Crippen molar-refractivity contribution in [3.8, 4) is 0 Å². The molecule has 0 aromatic heterocycles. The van der Waals surface area contributed by atoms with E-state index in [0.29, 0.717) is 5.56 Å². The number of hydrogen-bond acceptors (Lipinski definition) is 2. The van der Waals surface area contributed by atoms with Gasteiger partial charge in [-0.1, -0.05) is 25.1 Å². The monoisotopic (exact) mass is 329 g/mol. The second kappa shape index (κ2) is 6.50. The molecule has 0 bridgehead atoms. The molecule has 0 saturated carbocycles. The summed E-state index contributed by atoms with van der Waals surface area (Å²) >= 11 is 0. The van der Waals surface area contributed by atoms with E-state index < -0.39 is 32.4 Å². The van der Waals surface area contributed by atoms with Gasteiger partial charge in [0, 0.05) is 13.1 Å². The molecule has 7 heteroatoms. The van der Waals surface area contributed by atoms with Crippen molar-refractivity contribution in [1.29, 1.82) is 0 Å². The lowest BCUT2D eigenvalue weighted by atomic mass is 10.2. The molecule has 0 aliphatic rings. The van der Waals surface area contributed by atoms with Crippen LogP contribution in [-0.4, -0.2) is 19.3 Å². The van der Waals surface area contributed by atoms with Crippen molar-refractivity contribution in [2.75, 3.05) is 6.54 Å². The Labute approximate surface area is 127 Å². The van der Waals surface area contributed by atoms with E-state index in [4.69, 9.17) is 0 Å². The van der Waals surface area contributed by atoms with Gasteiger partial charge in [0.2, 0.25) is 10.0 Å². The maximum atomic E-state index is 13.7. The van der Waals surface area contributed by atoms with E-state index in [0.717, 1.165) is 22.5 Å². The van der Waals surface area contributed by atoms with E-state index in [1.165, 1.54) is 25.1 Å². The smallest absolute Gasteiger partial charge is 0.207 e. The molecule has 0 radical (unpaired) electrons. The van der Waals surface area contributed by atoms with Crippen molar-refractivity contribution in [3.05, 3.63) is 65.5 Å². The van der Waals surface area contributed by atoms with Crippen molar-refractivity contribution in [3.63, 3.8) is 0 Å². The number of halogens is 3. The minimum atomic E-state index is -4.36. The lowest BCUT2D eigenvalue weighted by Gasteiger charge is -2.21. The number of nitrogens with zero attached hydrogens (tertiary/aromatic N) is 1. The maximum absolute atomic E-state index is 13.7. The molecule has 2 rings (SSSR count). The highest BCUT2D eigenvalue weighted by atomic mass is 32.2. The van der Waals surface area contributed by atoms with Crippen LogP contribution in [0.2, 0.25) is 0 Å². The third kappa shape index (κ3) is 3.31. The van der Waals surface area contributed by atoms with Crippen LogP contribution in [0.5, 0.6) is 0 Å².